The molecule has 1 aromatic carbocycles. The highest BCUT2D eigenvalue weighted by molar-refractivity contribution is 7.98. The van der Waals surface area contributed by atoms with Gasteiger partial charge < -0.3 is 5.32 Å². The number of rotatable bonds is 6. The molecule has 162 valence electrons. The van der Waals surface area contributed by atoms with Gasteiger partial charge in [0.15, 0.2) is 10.9 Å². The second-order valence-electron chi connectivity index (χ2n) is 7.60. The number of carbonyl (C=O) groups excluding carboxylic acids is 1. The summed E-state index contributed by atoms with van der Waals surface area (Å²) in [5.41, 5.74) is 3.35. The number of hydrogen-bond donors (Lipinski definition) is 1. The topological polar surface area (TPSA) is 85.6 Å². The number of carbonyl (C=O) groups is 1. The lowest BCUT2D eigenvalue weighted by atomic mass is 10.2. The third-order valence-electron chi connectivity index (χ3n) is 5.06. The number of benzene rings is 1. The molecule has 0 aliphatic heterocycles. The molecule has 1 amide bonds. The normalized spacial score (nSPS) is 14.2. The fourth-order valence-electron chi connectivity index (χ4n) is 3.69. The Kier molecular flexibility index (Phi) is 6.79. The zero-order valence-corrected chi connectivity index (χ0v) is 19.6. The van der Waals surface area contributed by atoms with Crippen LogP contribution in [0.5, 0.6) is 0 Å². The molecule has 4 rings (SSSR count). The first kappa shape index (κ1) is 22.0. The summed E-state index contributed by atoms with van der Waals surface area (Å²) < 4.78 is 1.61. The number of nitrogens with one attached hydrogen (secondary N) is 1. The van der Waals surface area contributed by atoms with E-state index in [-0.39, 0.29) is 11.9 Å². The monoisotopic (exact) mass is 476 g/mol. The maximum absolute atomic E-state index is 13.0. The Labute approximate surface area is 194 Å². The van der Waals surface area contributed by atoms with Gasteiger partial charge in [0.05, 0.1) is 11.4 Å². The number of hydrogen-bond acceptors (Lipinski definition) is 6. The van der Waals surface area contributed by atoms with Crippen molar-refractivity contribution in [2.75, 3.05) is 0 Å². The van der Waals surface area contributed by atoms with Crippen molar-refractivity contribution in [2.45, 2.75) is 56.5 Å². The molecule has 1 fully saturated rings. The van der Waals surface area contributed by atoms with Crippen molar-refractivity contribution < 1.29 is 4.79 Å². The van der Waals surface area contributed by atoms with Crippen molar-refractivity contribution in [3.63, 3.8) is 0 Å². The standard InChI is InChI=1S/C21H22Cl2N6OS/c1-12-7-13(2)25-21(24-12)31-11-18-19(20(30)26-16-5-3-4-6-16)27-28-29(18)17-9-14(22)8-15(23)10-17/h7-10,16H,3-6,11H2,1-2H3,(H,26,30). The lowest BCUT2D eigenvalue weighted by Crippen LogP contribution is -2.33. The van der Waals surface area contributed by atoms with Crippen LogP contribution in [0.1, 0.15) is 53.3 Å². The van der Waals surface area contributed by atoms with Gasteiger partial charge in [-0.25, -0.2) is 14.6 Å². The lowest BCUT2D eigenvalue weighted by Gasteiger charge is -2.12. The van der Waals surface area contributed by atoms with Crippen LogP contribution < -0.4 is 5.32 Å². The molecule has 7 nitrogen and oxygen atoms in total. The van der Waals surface area contributed by atoms with Crippen molar-refractivity contribution in [2.24, 2.45) is 0 Å². The van der Waals surface area contributed by atoms with Crippen LogP contribution in [0.4, 0.5) is 0 Å². The van der Waals surface area contributed by atoms with E-state index in [1.807, 2.05) is 19.9 Å². The summed E-state index contributed by atoms with van der Waals surface area (Å²) in [4.78, 5) is 22.0. The number of halogens is 2. The Morgan fingerprint density at radius 2 is 1.74 bits per heavy atom. The Hall–Kier alpha value is -2.16. The summed E-state index contributed by atoms with van der Waals surface area (Å²) in [6.07, 6.45) is 4.24. The van der Waals surface area contributed by atoms with Crippen molar-refractivity contribution >= 4 is 40.9 Å². The van der Waals surface area contributed by atoms with E-state index < -0.39 is 0 Å². The average Bonchev–Trinajstić information content (AvgIpc) is 3.34. The van der Waals surface area contributed by atoms with Crippen LogP contribution in [0.3, 0.4) is 0 Å². The zero-order chi connectivity index (χ0) is 22.0. The quantitative estimate of drug-likeness (QED) is 0.400. The van der Waals surface area contributed by atoms with Gasteiger partial charge in [-0.2, -0.15) is 0 Å². The summed E-state index contributed by atoms with van der Waals surface area (Å²) in [5.74, 6) is 0.191. The molecule has 0 atom stereocenters. The molecule has 2 aromatic heterocycles. The van der Waals surface area contributed by atoms with E-state index in [2.05, 4.69) is 25.6 Å². The Morgan fingerprint density at radius 1 is 1.10 bits per heavy atom. The van der Waals surface area contributed by atoms with Crippen LogP contribution in [0, 0.1) is 13.8 Å². The van der Waals surface area contributed by atoms with Gasteiger partial charge in [0.1, 0.15) is 0 Å². The third kappa shape index (κ3) is 5.37. The predicted octanol–water partition coefficient (Wildman–Crippen LogP) is 4.95. The Bertz CT molecular complexity index is 1070. The molecule has 0 unspecified atom stereocenters. The summed E-state index contributed by atoms with van der Waals surface area (Å²) in [6, 6.07) is 7.23. The first-order chi connectivity index (χ1) is 14.9. The molecule has 31 heavy (non-hydrogen) atoms. The summed E-state index contributed by atoms with van der Waals surface area (Å²) in [6.45, 7) is 3.86. The zero-order valence-electron chi connectivity index (χ0n) is 17.2. The van der Waals surface area contributed by atoms with Gasteiger partial charge in [-0.3, -0.25) is 4.79 Å². The highest BCUT2D eigenvalue weighted by Gasteiger charge is 2.25. The molecule has 0 spiro atoms. The van der Waals surface area contributed by atoms with Gasteiger partial charge >= 0.3 is 0 Å². The molecule has 0 saturated heterocycles. The molecule has 1 aliphatic carbocycles. The maximum atomic E-state index is 13.0. The molecule has 2 heterocycles. The fraction of sp³-hybridized carbons (Fsp3) is 0.381. The van der Waals surface area contributed by atoms with E-state index in [1.165, 1.54) is 11.8 Å². The number of amides is 1. The molecule has 0 bridgehead atoms. The van der Waals surface area contributed by atoms with Crippen molar-refractivity contribution in [1.82, 2.24) is 30.3 Å². The van der Waals surface area contributed by atoms with Crippen LogP contribution in [-0.2, 0) is 5.75 Å². The molecule has 1 saturated carbocycles. The van der Waals surface area contributed by atoms with E-state index in [4.69, 9.17) is 23.2 Å². The van der Waals surface area contributed by atoms with Crippen LogP contribution in [0.2, 0.25) is 10.0 Å². The van der Waals surface area contributed by atoms with Crippen LogP contribution in [0.15, 0.2) is 29.4 Å². The third-order valence-corrected chi connectivity index (χ3v) is 6.36. The molecule has 1 N–H and O–H groups in total. The van der Waals surface area contributed by atoms with E-state index in [1.54, 1.807) is 22.9 Å². The van der Waals surface area contributed by atoms with Crippen molar-refractivity contribution in [3.05, 3.63) is 57.1 Å². The lowest BCUT2D eigenvalue weighted by molar-refractivity contribution is 0.0932. The minimum Gasteiger partial charge on any atom is -0.348 e. The smallest absolute Gasteiger partial charge is 0.274 e. The largest absolute Gasteiger partial charge is 0.348 e. The molecular weight excluding hydrogens is 455 g/mol. The summed E-state index contributed by atoms with van der Waals surface area (Å²) in [5, 5.41) is 13.1. The minimum atomic E-state index is -0.219. The number of thioether (sulfide) groups is 1. The first-order valence-electron chi connectivity index (χ1n) is 10.1. The average molecular weight is 477 g/mol. The second-order valence-corrected chi connectivity index (χ2v) is 9.42. The first-order valence-corrected chi connectivity index (χ1v) is 11.8. The van der Waals surface area contributed by atoms with Gasteiger partial charge in [0.2, 0.25) is 0 Å². The Morgan fingerprint density at radius 3 is 2.39 bits per heavy atom. The molecule has 1 aliphatic rings. The van der Waals surface area contributed by atoms with Crippen LogP contribution >= 0.6 is 35.0 Å². The van der Waals surface area contributed by atoms with Gasteiger partial charge in [0, 0.05) is 33.2 Å². The number of aryl methyl sites for hydroxylation is 2. The van der Waals surface area contributed by atoms with E-state index >= 15 is 0 Å². The van der Waals surface area contributed by atoms with E-state index in [0.717, 1.165) is 37.1 Å². The minimum absolute atomic E-state index is 0.182. The molecule has 10 heteroatoms. The highest BCUT2D eigenvalue weighted by atomic mass is 35.5. The van der Waals surface area contributed by atoms with Gasteiger partial charge in [-0.1, -0.05) is 53.0 Å². The fourth-order valence-corrected chi connectivity index (χ4v) is 5.15. The number of aromatic nitrogens is 5. The predicted molar refractivity (Wildman–Crippen MR) is 122 cm³/mol. The van der Waals surface area contributed by atoms with E-state index in [0.29, 0.717) is 38.0 Å². The highest BCUT2D eigenvalue weighted by Crippen LogP contribution is 2.27. The van der Waals surface area contributed by atoms with Crippen LogP contribution in [0.25, 0.3) is 5.69 Å². The molecule has 0 radical (unpaired) electrons. The second kappa shape index (κ2) is 9.54. The van der Waals surface area contributed by atoms with Gasteiger partial charge in [-0.05, 0) is 51.0 Å². The molecule has 3 aromatic rings. The van der Waals surface area contributed by atoms with Gasteiger partial charge in [0.25, 0.3) is 5.91 Å². The maximum Gasteiger partial charge on any atom is 0.274 e. The summed E-state index contributed by atoms with van der Waals surface area (Å²) in [7, 11) is 0. The summed E-state index contributed by atoms with van der Waals surface area (Å²) >= 11 is 13.8. The van der Waals surface area contributed by atoms with Gasteiger partial charge in [-0.15, -0.1) is 5.10 Å². The van der Waals surface area contributed by atoms with E-state index in [9.17, 15) is 4.79 Å². The Balaban J connectivity index is 1.67. The van der Waals surface area contributed by atoms with Crippen LogP contribution in [-0.4, -0.2) is 36.9 Å². The SMILES string of the molecule is Cc1cc(C)nc(SCc2c(C(=O)NC3CCCC3)nnn2-c2cc(Cl)cc(Cl)c2)n1. The number of nitrogens with zero attached hydrogens (tertiary/aromatic N) is 5. The molecular formula is C21H22Cl2N6OS. The van der Waals surface area contributed by atoms with Crippen molar-refractivity contribution in [1.29, 1.82) is 0 Å². The van der Waals surface area contributed by atoms with Crippen molar-refractivity contribution in [3.8, 4) is 5.69 Å².